The molecule has 4 aliphatic rings. The number of aryl methyl sites for hydroxylation is 1. The van der Waals surface area contributed by atoms with Crippen LogP contribution in [0.3, 0.4) is 0 Å². The number of likely N-dealkylation sites (tertiary alicyclic amines) is 1. The highest BCUT2D eigenvalue weighted by molar-refractivity contribution is 7.09. The molecule has 47 heavy (non-hydrogen) atoms. The van der Waals surface area contributed by atoms with Gasteiger partial charge in [-0.3, -0.25) is 29.5 Å². The number of benzene rings is 2. The lowest BCUT2D eigenvalue weighted by molar-refractivity contribution is -0.141. The molecular weight excluding hydrogens is 614 g/mol. The molecule has 1 saturated carbocycles. The SMILES string of the molecule is Cc1ccc(NN2C(=O)[C@@H]3C[C@@H]4C(=CC[C@@H]5C(=O)N(Cc6cccs6)C(=O)[C@@H]54)[C@H](c4ccc(CO)o4)[C@]3(c3ccccc3)C2=O)cc1. The molecule has 2 aromatic carbocycles. The lowest BCUT2D eigenvalue weighted by Crippen LogP contribution is -2.53. The van der Waals surface area contributed by atoms with Gasteiger partial charge in [-0.25, -0.2) is 0 Å². The molecule has 8 rings (SSSR count). The van der Waals surface area contributed by atoms with Gasteiger partial charge in [0.15, 0.2) is 0 Å². The molecule has 6 atom stereocenters. The van der Waals surface area contributed by atoms with Crippen LogP contribution in [0.1, 0.15) is 46.3 Å². The topological polar surface area (TPSA) is 120 Å². The monoisotopic (exact) mass is 647 g/mol. The molecule has 0 unspecified atom stereocenters. The Bertz CT molecular complexity index is 1920. The number of fused-ring (bicyclic) bond motifs is 4. The van der Waals surface area contributed by atoms with E-state index in [4.69, 9.17) is 4.42 Å². The number of amides is 4. The number of hydrogen-bond donors (Lipinski definition) is 2. The third-order valence-electron chi connectivity index (χ3n) is 10.5. The molecule has 10 heteroatoms. The van der Waals surface area contributed by atoms with Crippen LogP contribution in [0.5, 0.6) is 0 Å². The fraction of sp³-hybridized carbons (Fsp3) is 0.297. The fourth-order valence-corrected chi connectivity index (χ4v) is 9.16. The number of aliphatic hydroxyl groups excluding tert-OH is 1. The highest BCUT2D eigenvalue weighted by atomic mass is 32.1. The highest BCUT2D eigenvalue weighted by Crippen LogP contribution is 2.64. The van der Waals surface area contributed by atoms with Crippen LogP contribution in [0, 0.1) is 30.6 Å². The Hall–Kier alpha value is -4.80. The molecule has 9 nitrogen and oxygen atoms in total. The van der Waals surface area contributed by atoms with Crippen molar-refractivity contribution in [3.05, 3.63) is 123 Å². The molecule has 4 heterocycles. The molecule has 2 aliphatic heterocycles. The van der Waals surface area contributed by atoms with E-state index in [-0.39, 0.29) is 31.4 Å². The first-order valence-electron chi connectivity index (χ1n) is 15.9. The fourth-order valence-electron chi connectivity index (χ4n) is 8.47. The van der Waals surface area contributed by atoms with E-state index in [1.165, 1.54) is 16.2 Å². The summed E-state index contributed by atoms with van der Waals surface area (Å²) in [5, 5.41) is 13.0. The Morgan fingerprint density at radius 1 is 0.915 bits per heavy atom. The summed E-state index contributed by atoms with van der Waals surface area (Å²) in [4.78, 5) is 59.9. The Kier molecular flexibility index (Phi) is 7.03. The van der Waals surface area contributed by atoms with Crippen molar-refractivity contribution in [2.75, 3.05) is 5.43 Å². The van der Waals surface area contributed by atoms with Gasteiger partial charge in [-0.15, -0.1) is 11.3 Å². The van der Waals surface area contributed by atoms with Crippen LogP contribution in [0.25, 0.3) is 0 Å². The van der Waals surface area contributed by atoms with Crippen molar-refractivity contribution in [2.45, 2.75) is 44.2 Å². The Morgan fingerprint density at radius 2 is 1.70 bits per heavy atom. The number of anilines is 1. The predicted molar refractivity (Wildman–Crippen MR) is 173 cm³/mol. The summed E-state index contributed by atoms with van der Waals surface area (Å²) < 4.78 is 6.22. The highest BCUT2D eigenvalue weighted by Gasteiger charge is 2.71. The van der Waals surface area contributed by atoms with Crippen molar-refractivity contribution in [1.82, 2.24) is 9.91 Å². The maximum atomic E-state index is 15.0. The van der Waals surface area contributed by atoms with E-state index in [1.54, 1.807) is 12.1 Å². The van der Waals surface area contributed by atoms with Gasteiger partial charge >= 0.3 is 0 Å². The van der Waals surface area contributed by atoms with Gasteiger partial charge in [0, 0.05) is 4.88 Å². The minimum atomic E-state index is -1.40. The smallest absolute Gasteiger partial charge is 0.260 e. The molecule has 2 aromatic heterocycles. The van der Waals surface area contributed by atoms with E-state index in [0.29, 0.717) is 29.2 Å². The molecule has 0 spiro atoms. The molecule has 0 bridgehead atoms. The van der Waals surface area contributed by atoms with Crippen molar-refractivity contribution >= 4 is 40.7 Å². The van der Waals surface area contributed by atoms with E-state index in [9.17, 15) is 19.5 Å². The number of aliphatic hydroxyl groups is 1. The summed E-state index contributed by atoms with van der Waals surface area (Å²) in [5.74, 6) is -3.78. The second kappa shape index (κ2) is 11.2. The quantitative estimate of drug-likeness (QED) is 0.206. The molecular formula is C37H33N3O6S. The van der Waals surface area contributed by atoms with E-state index < -0.39 is 46.8 Å². The van der Waals surface area contributed by atoms with E-state index in [2.05, 4.69) is 5.43 Å². The first-order valence-corrected chi connectivity index (χ1v) is 16.7. The lowest BCUT2D eigenvalue weighted by atomic mass is 9.50. The predicted octanol–water partition coefficient (Wildman–Crippen LogP) is 5.33. The zero-order valence-electron chi connectivity index (χ0n) is 25.7. The summed E-state index contributed by atoms with van der Waals surface area (Å²) >= 11 is 1.50. The molecule has 4 amide bonds. The molecule has 3 fully saturated rings. The van der Waals surface area contributed by atoms with Crippen LogP contribution in [0.2, 0.25) is 0 Å². The van der Waals surface area contributed by atoms with Gasteiger partial charge in [-0.2, -0.15) is 5.01 Å². The average molecular weight is 648 g/mol. The maximum absolute atomic E-state index is 15.0. The van der Waals surface area contributed by atoms with Crippen LogP contribution in [0.4, 0.5) is 5.69 Å². The standard InChI is InChI=1S/C37H33N3O6S/c1-21-9-11-23(12-10-21)38-40-34(43)29-18-28-26(14-15-27-31(28)35(44)39(33(27)42)19-25-8-5-17-47-25)32(30-16-13-24(20-41)46-30)37(29,36(40)45)22-6-3-2-4-7-22/h2-14,16-17,27-29,31-32,38,41H,15,18-20H2,1H3/t27-,28+,29-,31-,32+,37+/m0/s1. The Balaban J connectivity index is 1.29. The molecule has 2 aliphatic carbocycles. The van der Waals surface area contributed by atoms with E-state index in [1.807, 2.05) is 85.1 Å². The summed E-state index contributed by atoms with van der Waals surface area (Å²) in [6.07, 6.45) is 2.57. The minimum Gasteiger partial charge on any atom is -0.463 e. The largest absolute Gasteiger partial charge is 0.463 e. The van der Waals surface area contributed by atoms with Gasteiger partial charge < -0.3 is 9.52 Å². The average Bonchev–Trinajstić information content (AvgIpc) is 3.88. The van der Waals surface area contributed by atoms with Gasteiger partial charge in [0.05, 0.1) is 35.9 Å². The van der Waals surface area contributed by atoms with Crippen LogP contribution >= 0.6 is 11.3 Å². The van der Waals surface area contributed by atoms with Crippen molar-refractivity contribution < 1.29 is 28.7 Å². The summed E-state index contributed by atoms with van der Waals surface area (Å²) in [5.41, 5.74) is 4.81. The van der Waals surface area contributed by atoms with Crippen molar-refractivity contribution in [2.24, 2.45) is 23.7 Å². The van der Waals surface area contributed by atoms with Crippen molar-refractivity contribution in [3.8, 4) is 0 Å². The molecule has 2 N–H and O–H groups in total. The number of nitrogens with zero attached hydrogens (tertiary/aromatic N) is 2. The van der Waals surface area contributed by atoms with E-state index >= 15 is 4.79 Å². The number of furan rings is 1. The number of carbonyl (C=O) groups excluding carboxylic acids is 4. The molecule has 238 valence electrons. The van der Waals surface area contributed by atoms with Crippen molar-refractivity contribution in [3.63, 3.8) is 0 Å². The van der Waals surface area contributed by atoms with Crippen molar-refractivity contribution in [1.29, 1.82) is 0 Å². The van der Waals surface area contributed by atoms with Gasteiger partial charge in [-0.05, 0) is 67.0 Å². The summed E-state index contributed by atoms with van der Waals surface area (Å²) in [7, 11) is 0. The molecule has 4 aromatic rings. The Morgan fingerprint density at radius 3 is 2.40 bits per heavy atom. The second-order valence-electron chi connectivity index (χ2n) is 12.9. The van der Waals surface area contributed by atoms with Crippen LogP contribution in [0.15, 0.2) is 100 Å². The number of rotatable bonds is 7. The number of allylic oxidation sites excluding steroid dienone is 2. The van der Waals surface area contributed by atoms with E-state index in [0.717, 1.165) is 21.0 Å². The van der Waals surface area contributed by atoms with Gasteiger partial charge in [0.1, 0.15) is 23.5 Å². The number of imide groups is 2. The molecule has 0 radical (unpaired) electrons. The lowest BCUT2D eigenvalue weighted by Gasteiger charge is -2.49. The van der Waals surface area contributed by atoms with Crippen LogP contribution in [-0.2, 0) is 37.7 Å². The van der Waals surface area contributed by atoms with Gasteiger partial charge in [0.25, 0.3) is 11.8 Å². The zero-order chi connectivity index (χ0) is 32.4. The number of carbonyl (C=O) groups is 4. The number of nitrogens with one attached hydrogen (secondary N) is 1. The van der Waals surface area contributed by atoms with Gasteiger partial charge in [-0.1, -0.05) is 65.7 Å². The third kappa shape index (κ3) is 4.38. The summed E-state index contributed by atoms with van der Waals surface area (Å²) in [6, 6.07) is 24.0. The number of hydrogen-bond acceptors (Lipinski definition) is 8. The van der Waals surface area contributed by atoms with Crippen LogP contribution < -0.4 is 5.43 Å². The second-order valence-corrected chi connectivity index (χ2v) is 13.9. The maximum Gasteiger partial charge on any atom is 0.260 e. The van der Waals surface area contributed by atoms with Gasteiger partial charge in [0.2, 0.25) is 11.8 Å². The molecule has 2 saturated heterocycles. The normalized spacial score (nSPS) is 28.3. The first kappa shape index (κ1) is 29.6. The Labute approximate surface area is 275 Å². The number of thiophene rings is 1. The third-order valence-corrected chi connectivity index (χ3v) is 11.4. The van der Waals surface area contributed by atoms with Crippen LogP contribution in [-0.4, -0.2) is 38.6 Å². The first-order chi connectivity index (χ1) is 22.8. The zero-order valence-corrected chi connectivity index (χ0v) is 26.5. The number of hydrazine groups is 1. The summed E-state index contributed by atoms with van der Waals surface area (Å²) in [6.45, 7) is 1.85. The minimum absolute atomic E-state index is 0.197.